The Kier molecular flexibility index (Phi) is 6.43. The van der Waals surface area contributed by atoms with E-state index >= 15 is 0 Å². The van der Waals surface area contributed by atoms with E-state index in [0.717, 1.165) is 6.04 Å². The van der Waals surface area contributed by atoms with Crippen LogP contribution in [0.15, 0.2) is 0 Å². The van der Waals surface area contributed by atoms with E-state index in [0.29, 0.717) is 0 Å². The Balaban J connectivity index is 0.000001000. The maximum atomic E-state index is 2.49. The van der Waals surface area contributed by atoms with Gasteiger partial charge < -0.3 is 4.90 Å². The largest absolute Gasteiger partial charge is 1.00 e. The maximum Gasteiger partial charge on any atom is 1.00 e. The van der Waals surface area contributed by atoms with E-state index in [9.17, 15) is 0 Å². The molecule has 0 spiro atoms. The Morgan fingerprint density at radius 2 is 2.18 bits per heavy atom. The summed E-state index contributed by atoms with van der Waals surface area (Å²) in [6.45, 7) is 8.16. The van der Waals surface area contributed by atoms with Gasteiger partial charge in [0, 0.05) is 0 Å². The van der Waals surface area contributed by atoms with Crippen molar-refractivity contribution < 1.29 is 18.9 Å². The molecule has 1 aliphatic rings. The van der Waals surface area contributed by atoms with Gasteiger partial charge in [0.15, 0.2) is 0 Å². The summed E-state index contributed by atoms with van der Waals surface area (Å²) in [6.07, 6.45) is 5.39. The zero-order valence-corrected chi connectivity index (χ0v) is 8.14. The fraction of sp³-hybridized carbons (Fsp3) is 0.889. The molecule has 0 aromatic heterocycles. The zero-order valence-electron chi connectivity index (χ0n) is 8.14. The summed E-state index contributed by atoms with van der Waals surface area (Å²) in [5.41, 5.74) is 0. The number of hydrogen-bond acceptors (Lipinski definition) is 1. The topological polar surface area (TPSA) is 3.24 Å². The molecule has 60 valence electrons. The average molecular weight is 147 g/mol. The van der Waals surface area contributed by atoms with Crippen LogP contribution in [0.1, 0.15) is 39.5 Å². The zero-order chi connectivity index (χ0) is 7.40. The Hall–Kier alpha value is 0.557. The van der Waals surface area contributed by atoms with Gasteiger partial charge >= 0.3 is 18.9 Å². The molecule has 1 heterocycles. The molecule has 1 atom stereocenters. The molecule has 0 aliphatic carbocycles. The van der Waals surface area contributed by atoms with Crippen molar-refractivity contribution in [1.29, 1.82) is 0 Å². The van der Waals surface area contributed by atoms with Crippen LogP contribution in [-0.4, -0.2) is 17.5 Å². The molecule has 0 aromatic rings. The first-order chi connectivity index (χ1) is 4.84. The van der Waals surface area contributed by atoms with Crippen LogP contribution in [0.25, 0.3) is 0 Å². The fourth-order valence-corrected chi connectivity index (χ4v) is 1.63. The van der Waals surface area contributed by atoms with Crippen LogP contribution in [0.4, 0.5) is 0 Å². The number of rotatable bonds is 2. The number of likely N-dealkylation sites (tertiary alicyclic amines) is 1. The van der Waals surface area contributed by atoms with E-state index in [2.05, 4.69) is 25.3 Å². The first-order valence-corrected chi connectivity index (χ1v) is 4.43. The van der Waals surface area contributed by atoms with Gasteiger partial charge in [-0.05, 0) is 25.4 Å². The fourth-order valence-electron chi connectivity index (χ4n) is 1.63. The maximum absolute atomic E-state index is 2.49. The molecule has 1 saturated heterocycles. The van der Waals surface area contributed by atoms with Crippen LogP contribution in [0, 0.1) is 6.54 Å². The van der Waals surface area contributed by atoms with Crippen molar-refractivity contribution >= 4 is 0 Å². The van der Waals surface area contributed by atoms with Gasteiger partial charge in [-0.15, -0.1) is 0 Å². The molecule has 1 nitrogen and oxygen atoms in total. The summed E-state index contributed by atoms with van der Waals surface area (Å²) < 4.78 is 0. The standard InChI is InChI=1S/C9H18N.Li/c1-3-7-10-8-5-4-6-9(10)2;/h7,9H,3-6,8H2,1-2H3;/q-1;+1. The third-order valence-corrected chi connectivity index (χ3v) is 2.27. The van der Waals surface area contributed by atoms with Crippen molar-refractivity contribution in [2.45, 2.75) is 45.6 Å². The van der Waals surface area contributed by atoms with Crippen LogP contribution in [0.3, 0.4) is 0 Å². The third-order valence-electron chi connectivity index (χ3n) is 2.27. The SMILES string of the molecule is CC[CH-]N1CCCCC1C.[Li+]. The van der Waals surface area contributed by atoms with Gasteiger partial charge in [-0.1, -0.05) is 20.3 Å². The van der Waals surface area contributed by atoms with Crippen molar-refractivity contribution in [2.24, 2.45) is 0 Å². The minimum Gasteiger partial charge on any atom is -0.454 e. The number of nitrogens with zero attached hydrogens (tertiary/aromatic N) is 1. The molecular formula is C9H18LiN. The van der Waals surface area contributed by atoms with E-state index in [4.69, 9.17) is 0 Å². The third kappa shape index (κ3) is 3.65. The molecule has 1 rings (SSSR count). The Bertz CT molecular complexity index is 93.6. The quantitative estimate of drug-likeness (QED) is 0.374. The van der Waals surface area contributed by atoms with E-state index in [-0.39, 0.29) is 18.9 Å². The van der Waals surface area contributed by atoms with Gasteiger partial charge in [0.2, 0.25) is 0 Å². The van der Waals surface area contributed by atoms with Crippen LogP contribution in [-0.2, 0) is 0 Å². The Labute approximate surface area is 82.7 Å². The minimum absolute atomic E-state index is 0. The molecule has 0 aromatic carbocycles. The molecule has 1 fully saturated rings. The number of piperidine rings is 1. The van der Waals surface area contributed by atoms with E-state index in [1.54, 1.807) is 0 Å². The predicted molar refractivity (Wildman–Crippen MR) is 44.6 cm³/mol. The number of hydrogen-bond donors (Lipinski definition) is 0. The van der Waals surface area contributed by atoms with Gasteiger partial charge in [-0.25, -0.2) is 0 Å². The summed E-state index contributed by atoms with van der Waals surface area (Å²) in [7, 11) is 0. The first-order valence-electron chi connectivity index (χ1n) is 4.43. The van der Waals surface area contributed by atoms with Gasteiger partial charge in [-0.2, -0.15) is 6.42 Å². The van der Waals surface area contributed by atoms with Crippen LogP contribution in [0.5, 0.6) is 0 Å². The molecule has 1 aliphatic heterocycles. The summed E-state index contributed by atoms with van der Waals surface area (Å²) in [6, 6.07) is 0.800. The van der Waals surface area contributed by atoms with E-state index in [1.807, 2.05) is 0 Å². The molecular weight excluding hydrogens is 129 g/mol. The normalized spacial score (nSPS) is 26.2. The van der Waals surface area contributed by atoms with Gasteiger partial charge in [0.1, 0.15) is 0 Å². The first kappa shape index (κ1) is 11.6. The predicted octanol–water partition coefficient (Wildman–Crippen LogP) is -0.563. The van der Waals surface area contributed by atoms with E-state index in [1.165, 1.54) is 32.2 Å². The second-order valence-corrected chi connectivity index (χ2v) is 3.17. The van der Waals surface area contributed by atoms with Crippen molar-refractivity contribution in [3.05, 3.63) is 6.54 Å². The summed E-state index contributed by atoms with van der Waals surface area (Å²) in [5.74, 6) is 0. The van der Waals surface area contributed by atoms with Crippen molar-refractivity contribution in [1.82, 2.24) is 4.90 Å². The second kappa shape index (κ2) is 6.12. The molecule has 0 radical (unpaired) electrons. The van der Waals surface area contributed by atoms with Gasteiger partial charge in [-0.3, -0.25) is 6.54 Å². The summed E-state index contributed by atoms with van der Waals surface area (Å²) in [4.78, 5) is 2.49. The van der Waals surface area contributed by atoms with Crippen molar-refractivity contribution in [3.8, 4) is 0 Å². The molecule has 11 heavy (non-hydrogen) atoms. The van der Waals surface area contributed by atoms with Gasteiger partial charge in [0.25, 0.3) is 0 Å². The Morgan fingerprint density at radius 3 is 2.73 bits per heavy atom. The summed E-state index contributed by atoms with van der Waals surface area (Å²) >= 11 is 0. The van der Waals surface area contributed by atoms with Gasteiger partial charge in [0.05, 0.1) is 0 Å². The average Bonchev–Trinajstić information content (AvgIpc) is 1.94. The minimum atomic E-state index is 0. The van der Waals surface area contributed by atoms with Crippen LogP contribution in [0.2, 0.25) is 0 Å². The molecule has 1 unspecified atom stereocenters. The monoisotopic (exact) mass is 147 g/mol. The molecule has 0 N–H and O–H groups in total. The molecule has 2 heteroatoms. The van der Waals surface area contributed by atoms with Crippen LogP contribution >= 0.6 is 0 Å². The summed E-state index contributed by atoms with van der Waals surface area (Å²) in [5, 5.41) is 0. The van der Waals surface area contributed by atoms with E-state index < -0.39 is 0 Å². The Morgan fingerprint density at radius 1 is 1.45 bits per heavy atom. The van der Waals surface area contributed by atoms with Crippen LogP contribution < -0.4 is 18.9 Å². The second-order valence-electron chi connectivity index (χ2n) is 3.17. The molecule has 0 amide bonds. The van der Waals surface area contributed by atoms with Crippen molar-refractivity contribution in [3.63, 3.8) is 0 Å². The smallest absolute Gasteiger partial charge is 0.454 e. The molecule has 0 bridgehead atoms. The molecule has 0 saturated carbocycles. The van der Waals surface area contributed by atoms with Crippen molar-refractivity contribution in [2.75, 3.05) is 6.54 Å².